The van der Waals surface area contributed by atoms with E-state index < -0.39 is 6.10 Å². The molecule has 5 heteroatoms. The molecule has 25 heavy (non-hydrogen) atoms. The van der Waals surface area contributed by atoms with Crippen LogP contribution in [-0.2, 0) is 4.79 Å². The highest BCUT2D eigenvalue weighted by atomic mass is 16.3. The molecule has 0 spiro atoms. The van der Waals surface area contributed by atoms with Crippen molar-refractivity contribution in [1.29, 1.82) is 5.26 Å². The Morgan fingerprint density at radius 1 is 1.28 bits per heavy atom. The number of nitrogens with zero attached hydrogens (tertiary/aromatic N) is 2. The van der Waals surface area contributed by atoms with Gasteiger partial charge >= 0.3 is 0 Å². The van der Waals surface area contributed by atoms with Gasteiger partial charge in [0, 0.05) is 18.5 Å². The first-order valence-corrected chi connectivity index (χ1v) is 9.11. The molecule has 1 aromatic rings. The summed E-state index contributed by atoms with van der Waals surface area (Å²) < 4.78 is 0. The predicted molar refractivity (Wildman–Crippen MR) is 97.7 cm³/mol. The Morgan fingerprint density at radius 2 is 1.88 bits per heavy atom. The maximum absolute atomic E-state index is 12.3. The zero-order chi connectivity index (χ0) is 18.4. The van der Waals surface area contributed by atoms with Gasteiger partial charge in [-0.25, -0.2) is 0 Å². The van der Waals surface area contributed by atoms with Gasteiger partial charge in [0.1, 0.15) is 0 Å². The maximum atomic E-state index is 12.3. The van der Waals surface area contributed by atoms with E-state index in [0.29, 0.717) is 18.0 Å². The van der Waals surface area contributed by atoms with E-state index in [9.17, 15) is 9.90 Å². The third-order valence-corrected chi connectivity index (χ3v) is 5.18. The minimum absolute atomic E-state index is 0.0736. The Labute approximate surface area is 150 Å². The van der Waals surface area contributed by atoms with E-state index >= 15 is 0 Å². The lowest BCUT2D eigenvalue weighted by molar-refractivity contribution is -0.127. The van der Waals surface area contributed by atoms with E-state index in [-0.39, 0.29) is 17.9 Å². The van der Waals surface area contributed by atoms with Gasteiger partial charge in [-0.1, -0.05) is 26.0 Å². The number of nitriles is 1. The van der Waals surface area contributed by atoms with E-state index in [1.54, 1.807) is 24.3 Å². The molecule has 2 atom stereocenters. The number of hydrogen-bond donors (Lipinski definition) is 2. The molecule has 2 unspecified atom stereocenters. The van der Waals surface area contributed by atoms with Crippen molar-refractivity contribution in [2.24, 2.45) is 11.8 Å². The third kappa shape index (κ3) is 5.55. The highest BCUT2D eigenvalue weighted by molar-refractivity contribution is 5.79. The van der Waals surface area contributed by atoms with Gasteiger partial charge in [-0.05, 0) is 56.5 Å². The second kappa shape index (κ2) is 8.98. The summed E-state index contributed by atoms with van der Waals surface area (Å²) in [5.74, 6) is 0.671. The van der Waals surface area contributed by atoms with Crippen LogP contribution in [0.1, 0.15) is 50.8 Å². The molecule has 2 rings (SSSR count). The summed E-state index contributed by atoms with van der Waals surface area (Å²) in [6, 6.07) is 9.34. The largest absolute Gasteiger partial charge is 0.387 e. The van der Waals surface area contributed by atoms with Gasteiger partial charge in [0.05, 0.1) is 17.7 Å². The fourth-order valence-electron chi connectivity index (χ4n) is 3.02. The number of aliphatic hydroxyl groups excluding tert-OH is 1. The molecule has 1 amide bonds. The normalized spacial score (nSPS) is 18.6. The number of carbonyl (C=O) groups is 1. The number of β-amino-alcohol motifs (C(OH)–C–C–N with tert-alkyl or cyclic N) is 1. The third-order valence-electron chi connectivity index (χ3n) is 5.18. The van der Waals surface area contributed by atoms with Crippen LogP contribution in [0.15, 0.2) is 24.3 Å². The summed E-state index contributed by atoms with van der Waals surface area (Å²) in [5.41, 5.74) is 1.42. The molecule has 0 bridgehead atoms. The molecule has 1 aliphatic rings. The van der Waals surface area contributed by atoms with E-state index in [0.717, 1.165) is 31.5 Å². The highest BCUT2D eigenvalue weighted by Crippen LogP contribution is 2.21. The van der Waals surface area contributed by atoms with Crippen molar-refractivity contribution in [1.82, 2.24) is 10.2 Å². The van der Waals surface area contributed by atoms with E-state index in [1.165, 1.54) is 0 Å². The minimum atomic E-state index is -0.570. The van der Waals surface area contributed by atoms with Crippen molar-refractivity contribution in [2.75, 3.05) is 19.6 Å². The second-order valence-corrected chi connectivity index (χ2v) is 7.37. The molecule has 0 radical (unpaired) electrons. The van der Waals surface area contributed by atoms with Crippen LogP contribution < -0.4 is 5.32 Å². The van der Waals surface area contributed by atoms with Crippen LogP contribution in [0.2, 0.25) is 0 Å². The summed E-state index contributed by atoms with van der Waals surface area (Å²) in [6.45, 7) is 8.47. The monoisotopic (exact) mass is 343 g/mol. The van der Waals surface area contributed by atoms with Crippen LogP contribution in [0, 0.1) is 23.2 Å². The average molecular weight is 343 g/mol. The molecule has 1 aromatic carbocycles. The Morgan fingerprint density at radius 3 is 2.40 bits per heavy atom. The molecule has 0 saturated carbocycles. The quantitative estimate of drug-likeness (QED) is 0.832. The van der Waals surface area contributed by atoms with Crippen LogP contribution >= 0.6 is 0 Å². The van der Waals surface area contributed by atoms with E-state index in [2.05, 4.69) is 30.1 Å². The first kappa shape index (κ1) is 19.4. The Bertz CT molecular complexity index is 598. The minimum Gasteiger partial charge on any atom is -0.387 e. The zero-order valence-corrected chi connectivity index (χ0v) is 15.4. The molecule has 1 aliphatic heterocycles. The second-order valence-electron chi connectivity index (χ2n) is 7.37. The van der Waals surface area contributed by atoms with Crippen LogP contribution in [0.3, 0.4) is 0 Å². The van der Waals surface area contributed by atoms with Gasteiger partial charge in [0.15, 0.2) is 0 Å². The lowest BCUT2D eigenvalue weighted by Gasteiger charge is -2.33. The van der Waals surface area contributed by atoms with Crippen LogP contribution in [0.4, 0.5) is 0 Å². The molecular formula is C20H29N3O2. The number of rotatable bonds is 6. The molecule has 1 heterocycles. The predicted octanol–water partition coefficient (Wildman–Crippen LogP) is 2.46. The molecule has 1 fully saturated rings. The van der Waals surface area contributed by atoms with Crippen molar-refractivity contribution in [3.8, 4) is 6.07 Å². The first-order chi connectivity index (χ1) is 11.9. The van der Waals surface area contributed by atoms with E-state index in [1.807, 2.05) is 6.92 Å². The number of aliphatic hydroxyl groups is 1. The number of benzene rings is 1. The van der Waals surface area contributed by atoms with Crippen LogP contribution in [0.5, 0.6) is 0 Å². The molecule has 1 saturated heterocycles. The molecule has 0 aromatic heterocycles. The SMILES string of the molecule is CC(C)C(C)NC(=O)C1CCN(CC(O)c2ccc(C#N)cc2)CC1. The summed E-state index contributed by atoms with van der Waals surface area (Å²) in [7, 11) is 0. The highest BCUT2D eigenvalue weighted by Gasteiger charge is 2.27. The smallest absolute Gasteiger partial charge is 0.223 e. The summed E-state index contributed by atoms with van der Waals surface area (Å²) >= 11 is 0. The average Bonchev–Trinajstić information content (AvgIpc) is 2.62. The maximum Gasteiger partial charge on any atom is 0.223 e. The van der Waals surface area contributed by atoms with Gasteiger partial charge in [0.25, 0.3) is 0 Å². The molecule has 136 valence electrons. The van der Waals surface area contributed by atoms with Crippen molar-refractivity contribution >= 4 is 5.91 Å². The standard InChI is InChI=1S/C20H29N3O2/c1-14(2)15(3)22-20(25)18-8-10-23(11-9-18)13-19(24)17-6-4-16(12-21)5-7-17/h4-7,14-15,18-19,24H,8-11,13H2,1-3H3,(H,22,25). The number of likely N-dealkylation sites (tertiary alicyclic amines) is 1. The first-order valence-electron chi connectivity index (χ1n) is 9.11. The van der Waals surface area contributed by atoms with Crippen LogP contribution in [0.25, 0.3) is 0 Å². The molecule has 5 nitrogen and oxygen atoms in total. The van der Waals surface area contributed by atoms with E-state index in [4.69, 9.17) is 5.26 Å². The lowest BCUT2D eigenvalue weighted by Crippen LogP contribution is -2.45. The van der Waals surface area contributed by atoms with Gasteiger partial charge in [-0.3, -0.25) is 4.79 Å². The molecule has 0 aliphatic carbocycles. The number of amides is 1. The Kier molecular flexibility index (Phi) is 6.98. The number of piperidine rings is 1. The number of hydrogen-bond acceptors (Lipinski definition) is 4. The lowest BCUT2D eigenvalue weighted by atomic mass is 9.94. The summed E-state index contributed by atoms with van der Waals surface area (Å²) in [6.07, 6.45) is 1.09. The fourth-order valence-corrected chi connectivity index (χ4v) is 3.02. The zero-order valence-electron chi connectivity index (χ0n) is 15.4. The Hall–Kier alpha value is -1.90. The van der Waals surface area contributed by atoms with Gasteiger partial charge < -0.3 is 15.3 Å². The van der Waals surface area contributed by atoms with Gasteiger partial charge in [-0.2, -0.15) is 5.26 Å². The van der Waals surface area contributed by atoms with Crippen molar-refractivity contribution in [3.05, 3.63) is 35.4 Å². The summed E-state index contributed by atoms with van der Waals surface area (Å²) in [4.78, 5) is 14.5. The van der Waals surface area contributed by atoms with Crippen LogP contribution in [-0.4, -0.2) is 41.6 Å². The number of nitrogens with one attached hydrogen (secondary N) is 1. The Balaban J connectivity index is 1.79. The molecular weight excluding hydrogens is 314 g/mol. The summed E-state index contributed by atoms with van der Waals surface area (Å²) in [5, 5.41) is 22.3. The molecule has 2 N–H and O–H groups in total. The van der Waals surface area contributed by atoms with Gasteiger partial charge in [-0.15, -0.1) is 0 Å². The number of carbonyl (C=O) groups excluding carboxylic acids is 1. The van der Waals surface area contributed by atoms with Crippen molar-refractivity contribution in [3.63, 3.8) is 0 Å². The topological polar surface area (TPSA) is 76.4 Å². The van der Waals surface area contributed by atoms with Gasteiger partial charge in [0.2, 0.25) is 5.91 Å². The van der Waals surface area contributed by atoms with Crippen molar-refractivity contribution in [2.45, 2.75) is 45.8 Å². The fraction of sp³-hybridized carbons (Fsp3) is 0.600. The van der Waals surface area contributed by atoms with Crippen molar-refractivity contribution < 1.29 is 9.90 Å².